The van der Waals surface area contributed by atoms with E-state index in [-0.39, 0.29) is 29.3 Å². The van der Waals surface area contributed by atoms with Crippen LogP contribution in [0, 0.1) is 5.92 Å². The minimum atomic E-state index is -3.20. The lowest BCUT2D eigenvalue weighted by Gasteiger charge is -2.32. The van der Waals surface area contributed by atoms with Crippen molar-refractivity contribution in [3.63, 3.8) is 0 Å². The molecule has 2 aliphatic heterocycles. The summed E-state index contributed by atoms with van der Waals surface area (Å²) in [4.78, 5) is 12.5. The van der Waals surface area contributed by atoms with Crippen LogP contribution in [0.4, 0.5) is 5.69 Å². The molecular weight excluding hydrogens is 316 g/mol. The number of nitrogens with one attached hydrogen (secondary N) is 1. The lowest BCUT2D eigenvalue weighted by atomic mass is 9.99. The normalized spacial score (nSPS) is 31.0. The number of fused-ring (bicyclic) bond motifs is 2. The first-order valence-electron chi connectivity index (χ1n) is 8.04. The minimum Gasteiger partial charge on any atom is -0.371 e. The van der Waals surface area contributed by atoms with Gasteiger partial charge in [-0.05, 0) is 31.4 Å². The van der Waals surface area contributed by atoms with E-state index in [1.54, 1.807) is 4.31 Å². The Bertz CT molecular complexity index is 702. The van der Waals surface area contributed by atoms with Gasteiger partial charge in [-0.2, -0.15) is 4.31 Å². The van der Waals surface area contributed by atoms with E-state index < -0.39 is 10.0 Å². The van der Waals surface area contributed by atoms with Crippen LogP contribution in [0.1, 0.15) is 19.3 Å². The number of benzene rings is 1. The van der Waals surface area contributed by atoms with Crippen molar-refractivity contribution >= 4 is 21.6 Å². The number of rotatable bonds is 4. The minimum absolute atomic E-state index is 0.0885. The van der Waals surface area contributed by atoms with Gasteiger partial charge in [-0.25, -0.2) is 8.42 Å². The summed E-state index contributed by atoms with van der Waals surface area (Å²) in [7, 11) is -3.20. The topological polar surface area (TPSA) is 75.7 Å². The molecule has 0 unspecified atom stereocenters. The van der Waals surface area contributed by atoms with Gasteiger partial charge in [0.1, 0.15) is 0 Å². The predicted octanol–water partition coefficient (Wildman–Crippen LogP) is 1.21. The molecule has 2 bridgehead atoms. The third-order valence-electron chi connectivity index (χ3n) is 4.81. The standard InChI is InChI=1S/C16H20N2O4S/c19-16(17-11-4-2-1-3-5-11)14-8-12-9-18(10-15(14)22-12)23(20,21)13-6-7-13/h1-5,12-15H,6-10H2,(H,17,19)/t12-,14+,15-/m1/s1. The number of carbonyl (C=O) groups excluding carboxylic acids is 1. The van der Waals surface area contributed by atoms with Crippen LogP contribution in [0.3, 0.4) is 0 Å². The third kappa shape index (κ3) is 2.88. The van der Waals surface area contributed by atoms with Crippen LogP contribution in [0.2, 0.25) is 0 Å². The Balaban J connectivity index is 1.45. The summed E-state index contributed by atoms with van der Waals surface area (Å²) in [6.07, 6.45) is 1.58. The van der Waals surface area contributed by atoms with Crippen molar-refractivity contribution in [3.05, 3.63) is 30.3 Å². The summed E-state index contributed by atoms with van der Waals surface area (Å²) < 4.78 is 32.2. The Labute approximate surface area is 135 Å². The van der Waals surface area contributed by atoms with Gasteiger partial charge in [0.25, 0.3) is 0 Å². The average molecular weight is 336 g/mol. The van der Waals surface area contributed by atoms with Crippen LogP contribution in [0.15, 0.2) is 30.3 Å². The van der Waals surface area contributed by atoms with Gasteiger partial charge in [-0.3, -0.25) is 4.79 Å². The number of carbonyl (C=O) groups is 1. The van der Waals surface area contributed by atoms with Crippen LogP contribution in [-0.2, 0) is 19.6 Å². The molecule has 1 amide bonds. The van der Waals surface area contributed by atoms with E-state index in [9.17, 15) is 13.2 Å². The number of morpholine rings is 1. The number of anilines is 1. The van der Waals surface area contributed by atoms with Crippen LogP contribution in [0.5, 0.6) is 0 Å². The van der Waals surface area contributed by atoms with Crippen LogP contribution in [-0.4, -0.2) is 49.2 Å². The lowest BCUT2D eigenvalue weighted by molar-refractivity contribution is -0.122. The monoisotopic (exact) mass is 336 g/mol. The van der Waals surface area contributed by atoms with Crippen molar-refractivity contribution in [2.75, 3.05) is 18.4 Å². The molecule has 2 heterocycles. The predicted molar refractivity (Wildman–Crippen MR) is 85.4 cm³/mol. The highest BCUT2D eigenvalue weighted by Gasteiger charge is 2.50. The van der Waals surface area contributed by atoms with E-state index in [1.165, 1.54) is 0 Å². The zero-order chi connectivity index (χ0) is 16.0. The fraction of sp³-hybridized carbons (Fsp3) is 0.562. The maximum absolute atomic E-state index is 12.5. The SMILES string of the molecule is O=C(Nc1ccccc1)[C@H]1C[C@@H]2CN(S(=O)(=O)C3CC3)C[C@H]1O2. The highest BCUT2D eigenvalue weighted by Crippen LogP contribution is 2.38. The molecule has 1 saturated carbocycles. The molecular formula is C16H20N2O4S. The van der Waals surface area contributed by atoms with Crippen molar-refractivity contribution in [2.24, 2.45) is 5.92 Å². The molecule has 23 heavy (non-hydrogen) atoms. The Morgan fingerprint density at radius 1 is 1.17 bits per heavy atom. The largest absolute Gasteiger partial charge is 0.371 e. The maximum atomic E-state index is 12.5. The van der Waals surface area contributed by atoms with E-state index in [2.05, 4.69) is 5.32 Å². The van der Waals surface area contributed by atoms with Gasteiger partial charge < -0.3 is 10.1 Å². The summed E-state index contributed by atoms with van der Waals surface area (Å²) in [5.41, 5.74) is 0.751. The van der Waals surface area contributed by atoms with Gasteiger partial charge in [0.15, 0.2) is 0 Å². The molecule has 1 aromatic carbocycles. The summed E-state index contributed by atoms with van der Waals surface area (Å²) >= 11 is 0. The smallest absolute Gasteiger partial charge is 0.230 e. The van der Waals surface area contributed by atoms with Crippen LogP contribution in [0.25, 0.3) is 0 Å². The molecule has 4 rings (SSSR count). The first-order valence-corrected chi connectivity index (χ1v) is 9.54. The Morgan fingerprint density at radius 3 is 2.61 bits per heavy atom. The number of nitrogens with zero attached hydrogens (tertiary/aromatic N) is 1. The molecule has 0 spiro atoms. The molecule has 0 aromatic heterocycles. The Kier molecular flexibility index (Phi) is 3.66. The molecule has 3 atom stereocenters. The van der Waals surface area contributed by atoms with E-state index in [0.29, 0.717) is 19.5 Å². The van der Waals surface area contributed by atoms with Gasteiger partial charge in [0.05, 0.1) is 23.4 Å². The summed E-state index contributed by atoms with van der Waals surface area (Å²) in [6, 6.07) is 9.29. The molecule has 7 heteroatoms. The first kappa shape index (κ1) is 15.1. The Hall–Kier alpha value is -1.44. The molecule has 3 aliphatic rings. The van der Waals surface area contributed by atoms with E-state index >= 15 is 0 Å². The maximum Gasteiger partial charge on any atom is 0.230 e. The third-order valence-corrected chi connectivity index (χ3v) is 7.14. The van der Waals surface area contributed by atoms with Crippen LogP contribution >= 0.6 is 0 Å². The van der Waals surface area contributed by atoms with Gasteiger partial charge in [0, 0.05) is 18.8 Å². The zero-order valence-electron chi connectivity index (χ0n) is 12.7. The molecule has 6 nitrogen and oxygen atoms in total. The Morgan fingerprint density at radius 2 is 1.91 bits per heavy atom. The fourth-order valence-electron chi connectivity index (χ4n) is 3.44. The first-order chi connectivity index (χ1) is 11.0. The van der Waals surface area contributed by atoms with Crippen molar-refractivity contribution in [1.29, 1.82) is 0 Å². The zero-order valence-corrected chi connectivity index (χ0v) is 13.5. The van der Waals surface area contributed by atoms with E-state index in [1.807, 2.05) is 30.3 Å². The van der Waals surface area contributed by atoms with Gasteiger partial charge in [0.2, 0.25) is 15.9 Å². The highest BCUT2D eigenvalue weighted by atomic mass is 32.2. The number of hydrogen-bond donors (Lipinski definition) is 1. The lowest BCUT2D eigenvalue weighted by Crippen LogP contribution is -2.48. The molecule has 1 N–H and O–H groups in total. The van der Waals surface area contributed by atoms with E-state index in [4.69, 9.17) is 4.74 Å². The second kappa shape index (κ2) is 5.58. The number of hydrogen-bond acceptors (Lipinski definition) is 4. The van der Waals surface area contributed by atoms with Crippen LogP contribution < -0.4 is 5.32 Å². The van der Waals surface area contributed by atoms with Crippen molar-refractivity contribution < 1.29 is 17.9 Å². The molecule has 0 radical (unpaired) electrons. The molecule has 3 fully saturated rings. The number of para-hydroxylation sites is 1. The number of ether oxygens (including phenoxy) is 1. The summed E-state index contributed by atoms with van der Waals surface area (Å²) in [5.74, 6) is -0.381. The number of amides is 1. The molecule has 124 valence electrons. The quantitative estimate of drug-likeness (QED) is 0.897. The highest BCUT2D eigenvalue weighted by molar-refractivity contribution is 7.90. The second-order valence-electron chi connectivity index (χ2n) is 6.56. The van der Waals surface area contributed by atoms with Gasteiger partial charge in [-0.15, -0.1) is 0 Å². The molecule has 1 aromatic rings. The molecule has 2 saturated heterocycles. The van der Waals surface area contributed by atoms with Crippen molar-refractivity contribution in [2.45, 2.75) is 36.7 Å². The van der Waals surface area contributed by atoms with Crippen molar-refractivity contribution in [3.8, 4) is 0 Å². The second-order valence-corrected chi connectivity index (χ2v) is 8.77. The van der Waals surface area contributed by atoms with Gasteiger partial charge in [-0.1, -0.05) is 18.2 Å². The average Bonchev–Trinajstić information content (AvgIpc) is 3.35. The summed E-state index contributed by atoms with van der Waals surface area (Å²) in [5, 5.41) is 2.69. The van der Waals surface area contributed by atoms with Gasteiger partial charge >= 0.3 is 0 Å². The van der Waals surface area contributed by atoms with E-state index in [0.717, 1.165) is 18.5 Å². The number of sulfonamides is 1. The summed E-state index contributed by atoms with van der Waals surface area (Å²) in [6.45, 7) is 0.673. The van der Waals surface area contributed by atoms with Crippen molar-refractivity contribution in [1.82, 2.24) is 4.31 Å². The molecule has 1 aliphatic carbocycles. The fourth-order valence-corrected chi connectivity index (χ4v) is 5.32.